The van der Waals surface area contributed by atoms with Crippen LogP contribution in [0.25, 0.3) is 0 Å². The fourth-order valence-electron chi connectivity index (χ4n) is 2.89. The van der Waals surface area contributed by atoms with Gasteiger partial charge in [0.15, 0.2) is 0 Å². The zero-order chi connectivity index (χ0) is 14.8. The molecule has 0 spiro atoms. The Morgan fingerprint density at radius 3 is 2.33 bits per heavy atom. The van der Waals surface area contributed by atoms with Crippen molar-refractivity contribution in [1.82, 2.24) is 0 Å². The molecule has 1 aliphatic carbocycles. The van der Waals surface area contributed by atoms with Crippen LogP contribution in [0.3, 0.4) is 0 Å². The molecule has 3 N–H and O–H groups in total. The van der Waals surface area contributed by atoms with Crippen molar-refractivity contribution in [2.75, 3.05) is 0 Å². The second kappa shape index (κ2) is 7.47. The lowest BCUT2D eigenvalue weighted by Gasteiger charge is -2.30. The predicted octanol–water partition coefficient (Wildman–Crippen LogP) is 4.07. The molecule has 1 aromatic carbocycles. The Balaban J connectivity index is 0.00000220. The highest BCUT2D eigenvalue weighted by atomic mass is 35.5. The quantitative estimate of drug-likeness (QED) is 0.881. The number of alkyl halides is 3. The van der Waals surface area contributed by atoms with E-state index in [2.05, 4.69) is 0 Å². The van der Waals surface area contributed by atoms with Crippen molar-refractivity contribution in [3.8, 4) is 0 Å². The van der Waals surface area contributed by atoms with Crippen LogP contribution < -0.4 is 5.73 Å². The second-order valence-corrected chi connectivity index (χ2v) is 5.54. The first kappa shape index (κ1) is 18.3. The topological polar surface area (TPSA) is 46.2 Å². The minimum Gasteiger partial charge on any atom is -0.391 e. The van der Waals surface area contributed by atoms with E-state index in [1.54, 1.807) is 6.07 Å². The third-order valence-electron chi connectivity index (χ3n) is 4.10. The molecule has 0 bridgehead atoms. The highest BCUT2D eigenvalue weighted by Crippen LogP contribution is 2.34. The Bertz CT molecular complexity index is 447. The van der Waals surface area contributed by atoms with E-state index >= 15 is 0 Å². The molecule has 0 saturated heterocycles. The Hall–Kier alpha value is -0.780. The van der Waals surface area contributed by atoms with Crippen molar-refractivity contribution in [2.24, 2.45) is 11.7 Å². The van der Waals surface area contributed by atoms with E-state index in [-0.39, 0.29) is 18.3 Å². The van der Waals surface area contributed by atoms with Crippen molar-refractivity contribution in [3.63, 3.8) is 0 Å². The Morgan fingerprint density at radius 2 is 1.76 bits per heavy atom. The van der Waals surface area contributed by atoms with Crippen molar-refractivity contribution in [2.45, 2.75) is 50.4 Å². The minimum atomic E-state index is -4.38. The lowest BCUT2D eigenvalue weighted by atomic mass is 9.81. The Kier molecular flexibility index (Phi) is 6.50. The summed E-state index contributed by atoms with van der Waals surface area (Å²) < 4.78 is 38.1. The first-order chi connectivity index (χ1) is 9.39. The first-order valence-corrected chi connectivity index (χ1v) is 7.00. The van der Waals surface area contributed by atoms with Gasteiger partial charge in [-0.25, -0.2) is 0 Å². The fourth-order valence-corrected chi connectivity index (χ4v) is 2.89. The molecule has 120 valence electrons. The molecule has 1 fully saturated rings. The van der Waals surface area contributed by atoms with Gasteiger partial charge in [-0.3, -0.25) is 0 Å². The lowest BCUT2D eigenvalue weighted by molar-refractivity contribution is -0.137. The van der Waals surface area contributed by atoms with Crippen LogP contribution in [-0.4, -0.2) is 11.2 Å². The van der Waals surface area contributed by atoms with E-state index < -0.39 is 23.9 Å². The van der Waals surface area contributed by atoms with Crippen LogP contribution in [0.4, 0.5) is 13.2 Å². The van der Waals surface area contributed by atoms with Crippen LogP contribution in [0.15, 0.2) is 24.3 Å². The molecule has 0 aliphatic heterocycles. The number of rotatable bonds is 3. The largest absolute Gasteiger partial charge is 0.416 e. The fraction of sp³-hybridized carbons (Fsp3) is 0.600. The number of aliphatic hydroxyl groups is 1. The summed E-state index contributed by atoms with van der Waals surface area (Å²) in [5.41, 5.74) is 5.59. The normalized spacial score (nSPS) is 19.7. The van der Waals surface area contributed by atoms with Crippen LogP contribution >= 0.6 is 12.4 Å². The maximum Gasteiger partial charge on any atom is 0.416 e. The number of hydrogen-bond donors (Lipinski definition) is 2. The number of hydrogen-bond acceptors (Lipinski definition) is 2. The van der Waals surface area contributed by atoms with Gasteiger partial charge in [-0.2, -0.15) is 13.2 Å². The number of benzene rings is 1. The standard InChI is InChI=1S/C15H20F3NO.ClH/c16-15(17,18)12-8-4-7-11(9-12)13(19)14(20)10-5-2-1-3-6-10;/h4,7-10,13-14,20H,1-3,5-6,19H2;1H/t13-,14+;/m1./s1. The van der Waals surface area contributed by atoms with Gasteiger partial charge < -0.3 is 10.8 Å². The van der Waals surface area contributed by atoms with E-state index in [1.807, 2.05) is 0 Å². The molecule has 0 aromatic heterocycles. The predicted molar refractivity (Wildman–Crippen MR) is 78.2 cm³/mol. The Labute approximate surface area is 128 Å². The molecular weight excluding hydrogens is 303 g/mol. The summed E-state index contributed by atoms with van der Waals surface area (Å²) in [7, 11) is 0. The average Bonchev–Trinajstić information content (AvgIpc) is 2.46. The van der Waals surface area contributed by atoms with Crippen molar-refractivity contribution >= 4 is 12.4 Å². The van der Waals surface area contributed by atoms with E-state index in [0.717, 1.165) is 44.2 Å². The lowest BCUT2D eigenvalue weighted by Crippen LogP contribution is -2.34. The van der Waals surface area contributed by atoms with Gasteiger partial charge in [0, 0.05) is 0 Å². The summed E-state index contributed by atoms with van der Waals surface area (Å²) in [4.78, 5) is 0. The molecule has 2 rings (SSSR count). The van der Waals surface area contributed by atoms with Crippen molar-refractivity contribution in [3.05, 3.63) is 35.4 Å². The van der Waals surface area contributed by atoms with E-state index in [9.17, 15) is 18.3 Å². The van der Waals surface area contributed by atoms with Crippen molar-refractivity contribution < 1.29 is 18.3 Å². The zero-order valence-electron chi connectivity index (χ0n) is 11.6. The monoisotopic (exact) mass is 323 g/mol. The van der Waals surface area contributed by atoms with Crippen LogP contribution in [0.2, 0.25) is 0 Å². The number of nitrogens with two attached hydrogens (primary N) is 1. The van der Waals surface area contributed by atoms with Gasteiger partial charge >= 0.3 is 6.18 Å². The smallest absolute Gasteiger partial charge is 0.391 e. The first-order valence-electron chi connectivity index (χ1n) is 7.00. The SMILES string of the molecule is Cl.N[C@H](c1cccc(C(F)(F)F)c1)[C@@H](O)C1CCCCC1. The van der Waals surface area contributed by atoms with E-state index in [4.69, 9.17) is 5.73 Å². The van der Waals surface area contributed by atoms with Crippen LogP contribution in [-0.2, 0) is 6.18 Å². The summed E-state index contributed by atoms with van der Waals surface area (Å²) in [5, 5.41) is 10.3. The molecule has 2 nitrogen and oxygen atoms in total. The molecule has 0 unspecified atom stereocenters. The summed E-state index contributed by atoms with van der Waals surface area (Å²) in [6, 6.07) is 4.18. The van der Waals surface area contributed by atoms with E-state index in [1.165, 1.54) is 6.07 Å². The molecule has 2 atom stereocenters. The van der Waals surface area contributed by atoms with Crippen LogP contribution in [0.5, 0.6) is 0 Å². The van der Waals surface area contributed by atoms with Gasteiger partial charge in [-0.05, 0) is 36.5 Å². The zero-order valence-corrected chi connectivity index (χ0v) is 12.5. The Morgan fingerprint density at radius 1 is 1.14 bits per heavy atom. The molecule has 0 heterocycles. The maximum absolute atomic E-state index is 12.7. The van der Waals surface area contributed by atoms with Crippen molar-refractivity contribution in [1.29, 1.82) is 0 Å². The van der Waals surface area contributed by atoms with E-state index in [0.29, 0.717) is 5.56 Å². The third kappa shape index (κ3) is 4.59. The van der Waals surface area contributed by atoms with Crippen LogP contribution in [0, 0.1) is 5.92 Å². The summed E-state index contributed by atoms with van der Waals surface area (Å²) >= 11 is 0. The molecular formula is C15H21ClF3NO. The summed E-state index contributed by atoms with van der Waals surface area (Å²) in [6.07, 6.45) is -0.109. The third-order valence-corrected chi connectivity index (χ3v) is 4.10. The summed E-state index contributed by atoms with van der Waals surface area (Å²) in [6.45, 7) is 0. The molecule has 0 amide bonds. The molecule has 0 radical (unpaired) electrons. The molecule has 1 aliphatic rings. The van der Waals surface area contributed by atoms with Gasteiger partial charge in [0.25, 0.3) is 0 Å². The van der Waals surface area contributed by atoms with Crippen LogP contribution in [0.1, 0.15) is 49.3 Å². The van der Waals surface area contributed by atoms with Gasteiger partial charge in [0.2, 0.25) is 0 Å². The maximum atomic E-state index is 12.7. The highest BCUT2D eigenvalue weighted by Gasteiger charge is 2.32. The molecule has 6 heteroatoms. The molecule has 21 heavy (non-hydrogen) atoms. The van der Waals surface area contributed by atoms with Gasteiger partial charge in [-0.1, -0.05) is 31.4 Å². The number of halogens is 4. The minimum absolute atomic E-state index is 0. The summed E-state index contributed by atoms with van der Waals surface area (Å²) in [5.74, 6) is 0.0910. The highest BCUT2D eigenvalue weighted by molar-refractivity contribution is 5.85. The molecule has 1 saturated carbocycles. The van der Waals surface area contributed by atoms with Gasteiger partial charge in [0.1, 0.15) is 0 Å². The van der Waals surface area contributed by atoms with Gasteiger partial charge in [-0.15, -0.1) is 12.4 Å². The average molecular weight is 324 g/mol. The van der Waals surface area contributed by atoms with Gasteiger partial charge in [0.05, 0.1) is 17.7 Å². The second-order valence-electron chi connectivity index (χ2n) is 5.54. The molecule has 1 aromatic rings. The number of aliphatic hydroxyl groups excluding tert-OH is 1.